The van der Waals surface area contributed by atoms with Gasteiger partial charge in [-0.05, 0) is 76.0 Å². The molecule has 0 aliphatic carbocycles. The lowest BCUT2D eigenvalue weighted by Crippen LogP contribution is -2.11. The minimum atomic E-state index is 1.13. The maximum absolute atomic E-state index is 2.40. The van der Waals surface area contributed by atoms with Crippen LogP contribution in [0.15, 0.2) is 164 Å². The molecule has 0 aliphatic heterocycles. The number of hydrogen-bond donors (Lipinski definition) is 0. The molecular weight excluding hydrogens is 527 g/mol. The van der Waals surface area contributed by atoms with E-state index in [1.807, 2.05) is 11.3 Å². The van der Waals surface area contributed by atoms with Crippen LogP contribution in [0.3, 0.4) is 0 Å². The minimum absolute atomic E-state index is 1.13. The fourth-order valence-electron chi connectivity index (χ4n) is 5.98. The Labute approximate surface area is 249 Å². The van der Waals surface area contributed by atoms with Crippen LogP contribution in [0.5, 0.6) is 0 Å². The van der Waals surface area contributed by atoms with Gasteiger partial charge in [-0.3, -0.25) is 0 Å². The van der Waals surface area contributed by atoms with Gasteiger partial charge in [0, 0.05) is 37.1 Å². The van der Waals surface area contributed by atoms with Gasteiger partial charge >= 0.3 is 0 Å². The maximum Gasteiger partial charge on any atom is 0.0540 e. The topological polar surface area (TPSA) is 3.24 Å². The van der Waals surface area contributed by atoms with Gasteiger partial charge in [-0.15, -0.1) is 11.3 Å². The van der Waals surface area contributed by atoms with Crippen molar-refractivity contribution in [3.05, 3.63) is 164 Å². The van der Waals surface area contributed by atoms with Crippen molar-refractivity contribution in [3.63, 3.8) is 0 Å². The van der Waals surface area contributed by atoms with Gasteiger partial charge < -0.3 is 4.90 Å². The van der Waals surface area contributed by atoms with Crippen molar-refractivity contribution < 1.29 is 0 Å². The number of fused-ring (bicyclic) bond motifs is 4. The normalized spacial score (nSPS) is 11.3. The van der Waals surface area contributed by atoms with Gasteiger partial charge in [0.05, 0.1) is 5.69 Å². The third kappa shape index (κ3) is 4.34. The molecule has 0 aliphatic rings. The quantitative estimate of drug-likeness (QED) is 0.205. The van der Waals surface area contributed by atoms with E-state index in [4.69, 9.17) is 0 Å². The molecule has 0 spiro atoms. The molecule has 0 N–H and O–H groups in total. The molecule has 8 rings (SSSR count). The Kier molecular flexibility index (Phi) is 6.05. The van der Waals surface area contributed by atoms with Crippen molar-refractivity contribution in [2.75, 3.05) is 4.90 Å². The zero-order chi connectivity index (χ0) is 27.9. The van der Waals surface area contributed by atoms with E-state index < -0.39 is 0 Å². The highest BCUT2D eigenvalue weighted by Crippen LogP contribution is 2.45. The Bertz CT molecular complexity index is 2180. The predicted molar refractivity (Wildman–Crippen MR) is 182 cm³/mol. The van der Waals surface area contributed by atoms with Crippen LogP contribution >= 0.6 is 11.3 Å². The lowest BCUT2D eigenvalue weighted by Gasteiger charge is -2.28. The van der Waals surface area contributed by atoms with E-state index in [1.165, 1.54) is 53.2 Å². The molecule has 198 valence electrons. The number of hydrogen-bond acceptors (Lipinski definition) is 2. The summed E-state index contributed by atoms with van der Waals surface area (Å²) in [6.45, 7) is 0. The van der Waals surface area contributed by atoms with Crippen LogP contribution in [-0.4, -0.2) is 0 Å². The van der Waals surface area contributed by atoms with Gasteiger partial charge in [-0.25, -0.2) is 0 Å². The van der Waals surface area contributed by atoms with E-state index in [2.05, 4.69) is 169 Å². The highest BCUT2D eigenvalue weighted by atomic mass is 32.1. The summed E-state index contributed by atoms with van der Waals surface area (Å²) in [7, 11) is 0. The molecule has 0 saturated carbocycles. The Hall–Kier alpha value is -5.18. The number of thiophene rings is 1. The third-order valence-corrected chi connectivity index (χ3v) is 9.14. The molecule has 0 unspecified atom stereocenters. The third-order valence-electron chi connectivity index (χ3n) is 8.03. The highest BCUT2D eigenvalue weighted by molar-refractivity contribution is 7.25. The Morgan fingerprint density at radius 2 is 1.00 bits per heavy atom. The van der Waals surface area contributed by atoms with Crippen molar-refractivity contribution >= 4 is 59.3 Å². The van der Waals surface area contributed by atoms with Crippen LogP contribution in [0.25, 0.3) is 53.2 Å². The van der Waals surface area contributed by atoms with Gasteiger partial charge in [-0.1, -0.05) is 115 Å². The summed E-state index contributed by atoms with van der Waals surface area (Å²) in [5.74, 6) is 0. The van der Waals surface area contributed by atoms with Gasteiger partial charge in [-0.2, -0.15) is 0 Å². The van der Waals surface area contributed by atoms with Crippen molar-refractivity contribution in [1.82, 2.24) is 0 Å². The molecule has 8 aromatic rings. The number of anilines is 3. The lowest BCUT2D eigenvalue weighted by molar-refractivity contribution is 1.29. The smallest absolute Gasteiger partial charge is 0.0540 e. The van der Waals surface area contributed by atoms with E-state index in [9.17, 15) is 0 Å². The molecule has 1 nitrogen and oxygen atoms in total. The van der Waals surface area contributed by atoms with Crippen LogP contribution < -0.4 is 4.90 Å². The Morgan fingerprint density at radius 3 is 1.74 bits per heavy atom. The number of benzene rings is 7. The molecule has 1 aromatic heterocycles. The molecule has 7 aromatic carbocycles. The van der Waals surface area contributed by atoms with Gasteiger partial charge in [0.15, 0.2) is 0 Å². The van der Waals surface area contributed by atoms with Gasteiger partial charge in [0.25, 0.3) is 0 Å². The fourth-order valence-corrected chi connectivity index (χ4v) is 7.15. The first kappa shape index (κ1) is 24.6. The average Bonchev–Trinajstić information content (AvgIpc) is 3.42. The Morgan fingerprint density at radius 1 is 0.381 bits per heavy atom. The first-order chi connectivity index (χ1) is 20.8. The van der Waals surface area contributed by atoms with Crippen LogP contribution in [0.2, 0.25) is 0 Å². The predicted octanol–water partition coefficient (Wildman–Crippen LogP) is 12.0. The first-order valence-corrected chi connectivity index (χ1v) is 15.1. The zero-order valence-electron chi connectivity index (χ0n) is 22.9. The monoisotopic (exact) mass is 553 g/mol. The second kappa shape index (κ2) is 10.3. The van der Waals surface area contributed by atoms with Crippen LogP contribution in [0.4, 0.5) is 17.1 Å². The average molecular weight is 554 g/mol. The molecule has 1 heterocycles. The van der Waals surface area contributed by atoms with Crippen molar-refractivity contribution in [3.8, 4) is 22.3 Å². The second-order valence-corrected chi connectivity index (χ2v) is 11.7. The molecule has 0 bridgehead atoms. The van der Waals surface area contributed by atoms with Crippen molar-refractivity contribution in [2.24, 2.45) is 0 Å². The van der Waals surface area contributed by atoms with Crippen molar-refractivity contribution in [1.29, 1.82) is 0 Å². The molecule has 0 radical (unpaired) electrons. The summed E-state index contributed by atoms with van der Waals surface area (Å²) < 4.78 is 2.62. The summed E-state index contributed by atoms with van der Waals surface area (Å²) in [5.41, 5.74) is 8.25. The van der Waals surface area contributed by atoms with Gasteiger partial charge in [0.1, 0.15) is 0 Å². The standard InChI is InChI=1S/C40H27NS/c1-4-12-28(13-5-1)32-20-23-38(36(24-32)29-14-6-2-7-15-29)41(33-18-8-3-9-19-33)34-21-22-35-37-25-30-16-10-11-17-31(30)26-39(37)42-40(35)27-34/h1-27H. The lowest BCUT2D eigenvalue weighted by atomic mass is 9.96. The molecule has 0 saturated heterocycles. The summed E-state index contributed by atoms with van der Waals surface area (Å²) in [6.07, 6.45) is 0. The number of rotatable bonds is 5. The van der Waals surface area contributed by atoms with E-state index in [1.54, 1.807) is 0 Å². The van der Waals surface area contributed by atoms with Crippen LogP contribution in [0.1, 0.15) is 0 Å². The van der Waals surface area contributed by atoms with E-state index in [-0.39, 0.29) is 0 Å². The number of nitrogens with zero attached hydrogens (tertiary/aromatic N) is 1. The SMILES string of the molecule is c1ccc(-c2ccc(N(c3ccccc3)c3ccc4c(c3)sc3cc5ccccc5cc34)c(-c3ccccc3)c2)cc1. The maximum atomic E-state index is 2.40. The van der Waals surface area contributed by atoms with E-state index in [0.717, 1.165) is 17.1 Å². The summed E-state index contributed by atoms with van der Waals surface area (Å²) >= 11 is 1.87. The molecule has 42 heavy (non-hydrogen) atoms. The summed E-state index contributed by atoms with van der Waals surface area (Å²) in [5, 5.41) is 5.20. The summed E-state index contributed by atoms with van der Waals surface area (Å²) in [4.78, 5) is 2.40. The minimum Gasteiger partial charge on any atom is -0.310 e. The van der Waals surface area contributed by atoms with E-state index >= 15 is 0 Å². The fraction of sp³-hybridized carbons (Fsp3) is 0. The number of para-hydroxylation sites is 1. The molecular formula is C40H27NS. The largest absolute Gasteiger partial charge is 0.310 e. The first-order valence-electron chi connectivity index (χ1n) is 14.3. The summed E-state index contributed by atoms with van der Waals surface area (Å²) in [6, 6.07) is 59.2. The van der Waals surface area contributed by atoms with Gasteiger partial charge in [0.2, 0.25) is 0 Å². The molecule has 0 fully saturated rings. The van der Waals surface area contributed by atoms with E-state index in [0.29, 0.717) is 0 Å². The molecule has 0 amide bonds. The second-order valence-electron chi connectivity index (χ2n) is 10.6. The molecule has 2 heteroatoms. The Balaban J connectivity index is 1.35. The highest BCUT2D eigenvalue weighted by Gasteiger charge is 2.19. The van der Waals surface area contributed by atoms with Crippen LogP contribution in [-0.2, 0) is 0 Å². The zero-order valence-corrected chi connectivity index (χ0v) is 23.8. The van der Waals surface area contributed by atoms with Crippen LogP contribution in [0, 0.1) is 0 Å². The van der Waals surface area contributed by atoms with Crippen molar-refractivity contribution in [2.45, 2.75) is 0 Å². The molecule has 0 atom stereocenters.